The first-order valence-corrected chi connectivity index (χ1v) is 11.6. The second-order valence-corrected chi connectivity index (χ2v) is 9.27. The molecule has 1 saturated heterocycles. The predicted molar refractivity (Wildman–Crippen MR) is 143 cm³/mol. The molecule has 0 radical (unpaired) electrons. The van der Waals surface area contributed by atoms with Crippen molar-refractivity contribution in [3.63, 3.8) is 0 Å². The summed E-state index contributed by atoms with van der Waals surface area (Å²) in [6.45, 7) is 13.7. The predicted octanol–water partition coefficient (Wildman–Crippen LogP) is 4.42. The SMILES string of the molecule is CCOC(C)c1noc(CNC(=NC)NC2CCN(c3ccc(C(C)(C)C)cc3)CC2)n1.I. The Morgan fingerprint density at radius 1 is 1.24 bits per heavy atom. The summed E-state index contributed by atoms with van der Waals surface area (Å²) in [6.07, 6.45) is 1.93. The van der Waals surface area contributed by atoms with E-state index in [1.807, 2.05) is 13.8 Å². The average molecular weight is 571 g/mol. The molecule has 0 amide bonds. The van der Waals surface area contributed by atoms with Crippen molar-refractivity contribution in [2.45, 2.75) is 71.6 Å². The number of ether oxygens (including phenoxy) is 1. The van der Waals surface area contributed by atoms with Crippen molar-refractivity contribution in [3.8, 4) is 0 Å². The Labute approximate surface area is 215 Å². The zero-order chi connectivity index (χ0) is 23.1. The van der Waals surface area contributed by atoms with Gasteiger partial charge in [0, 0.05) is 38.5 Å². The molecule has 0 saturated carbocycles. The quantitative estimate of drug-likeness (QED) is 0.290. The monoisotopic (exact) mass is 570 g/mol. The normalized spacial score (nSPS) is 16.3. The Kier molecular flexibility index (Phi) is 10.4. The van der Waals surface area contributed by atoms with Crippen LogP contribution in [0.1, 0.15) is 70.8 Å². The van der Waals surface area contributed by atoms with Gasteiger partial charge < -0.3 is 24.8 Å². The molecule has 0 spiro atoms. The van der Waals surface area contributed by atoms with Gasteiger partial charge >= 0.3 is 0 Å². The molecule has 1 unspecified atom stereocenters. The Balaban J connectivity index is 0.00000385. The van der Waals surface area contributed by atoms with E-state index >= 15 is 0 Å². The zero-order valence-corrected chi connectivity index (χ0v) is 23.1. The molecule has 9 heteroatoms. The third-order valence-corrected chi connectivity index (χ3v) is 5.83. The molecule has 0 bridgehead atoms. The lowest BCUT2D eigenvalue weighted by molar-refractivity contribution is 0.0683. The number of hydrogen-bond acceptors (Lipinski definition) is 6. The first-order valence-electron chi connectivity index (χ1n) is 11.6. The second-order valence-electron chi connectivity index (χ2n) is 9.27. The minimum Gasteiger partial charge on any atom is -0.371 e. The summed E-state index contributed by atoms with van der Waals surface area (Å²) in [7, 11) is 1.78. The van der Waals surface area contributed by atoms with Crippen LogP contribution in [-0.2, 0) is 16.7 Å². The van der Waals surface area contributed by atoms with Crippen LogP contribution in [0.4, 0.5) is 5.69 Å². The lowest BCUT2D eigenvalue weighted by Gasteiger charge is -2.35. The standard InChI is InChI=1S/C24H38N6O2.HI/c1-7-31-17(2)22-28-21(32-29-22)16-26-23(25-6)27-19-12-14-30(15-13-19)20-10-8-18(9-11-20)24(3,4)5;/h8-11,17,19H,7,12-16H2,1-6H3,(H2,25,26,27);1H. The maximum absolute atomic E-state index is 5.50. The van der Waals surface area contributed by atoms with Crippen molar-refractivity contribution in [1.29, 1.82) is 0 Å². The van der Waals surface area contributed by atoms with E-state index in [-0.39, 0.29) is 35.5 Å². The largest absolute Gasteiger partial charge is 0.371 e. The van der Waals surface area contributed by atoms with Gasteiger partial charge in [0.2, 0.25) is 5.89 Å². The molecule has 1 aromatic carbocycles. The van der Waals surface area contributed by atoms with Gasteiger partial charge in [0.1, 0.15) is 6.10 Å². The van der Waals surface area contributed by atoms with Crippen LogP contribution in [0.25, 0.3) is 0 Å². The second kappa shape index (κ2) is 12.5. The van der Waals surface area contributed by atoms with Gasteiger partial charge in [-0.2, -0.15) is 4.98 Å². The first kappa shape index (κ1) is 27.4. The van der Waals surface area contributed by atoms with E-state index in [9.17, 15) is 0 Å². The summed E-state index contributed by atoms with van der Waals surface area (Å²) in [4.78, 5) is 11.2. The van der Waals surface area contributed by atoms with Crippen molar-refractivity contribution in [1.82, 2.24) is 20.8 Å². The fraction of sp³-hybridized carbons (Fsp3) is 0.625. The summed E-state index contributed by atoms with van der Waals surface area (Å²) in [5.41, 5.74) is 2.85. The highest BCUT2D eigenvalue weighted by atomic mass is 127. The molecule has 1 fully saturated rings. The molecule has 1 aliphatic heterocycles. The Morgan fingerprint density at radius 2 is 1.91 bits per heavy atom. The number of nitrogens with one attached hydrogen (secondary N) is 2. The van der Waals surface area contributed by atoms with Crippen LogP contribution in [0.2, 0.25) is 0 Å². The van der Waals surface area contributed by atoms with E-state index in [1.165, 1.54) is 11.3 Å². The summed E-state index contributed by atoms with van der Waals surface area (Å²) >= 11 is 0. The third kappa shape index (κ3) is 7.84. The number of aromatic nitrogens is 2. The number of nitrogens with zero attached hydrogens (tertiary/aromatic N) is 4. The number of aliphatic imine (C=N–C) groups is 1. The zero-order valence-electron chi connectivity index (χ0n) is 20.7. The van der Waals surface area contributed by atoms with Crippen molar-refractivity contribution in [2.75, 3.05) is 31.6 Å². The van der Waals surface area contributed by atoms with Gasteiger partial charge in [-0.15, -0.1) is 24.0 Å². The number of hydrogen-bond donors (Lipinski definition) is 2. The summed E-state index contributed by atoms with van der Waals surface area (Å²) in [5, 5.41) is 10.8. The Hall–Kier alpha value is -1.88. The van der Waals surface area contributed by atoms with Gasteiger partial charge in [0.25, 0.3) is 0 Å². The molecule has 1 aromatic heterocycles. The minimum absolute atomic E-state index is 0. The van der Waals surface area contributed by atoms with Crippen LogP contribution < -0.4 is 15.5 Å². The maximum Gasteiger partial charge on any atom is 0.246 e. The number of anilines is 1. The van der Waals surface area contributed by atoms with Crippen molar-refractivity contribution < 1.29 is 9.26 Å². The highest BCUT2D eigenvalue weighted by molar-refractivity contribution is 14.0. The summed E-state index contributed by atoms with van der Waals surface area (Å²) in [5.74, 6) is 1.83. The van der Waals surface area contributed by atoms with Crippen LogP contribution in [0.5, 0.6) is 0 Å². The van der Waals surface area contributed by atoms with Crippen molar-refractivity contribution in [3.05, 3.63) is 41.5 Å². The molecule has 0 aliphatic carbocycles. The Bertz CT molecular complexity index is 870. The van der Waals surface area contributed by atoms with Crippen molar-refractivity contribution >= 4 is 35.6 Å². The van der Waals surface area contributed by atoms with Crippen LogP contribution in [0.15, 0.2) is 33.8 Å². The van der Waals surface area contributed by atoms with E-state index in [4.69, 9.17) is 9.26 Å². The van der Waals surface area contributed by atoms with Crippen molar-refractivity contribution in [2.24, 2.45) is 4.99 Å². The number of halogens is 1. The molecular weight excluding hydrogens is 531 g/mol. The van der Waals surface area contributed by atoms with E-state index in [2.05, 4.69) is 75.7 Å². The van der Waals surface area contributed by atoms with E-state index in [1.54, 1.807) is 7.05 Å². The number of benzene rings is 1. The summed E-state index contributed by atoms with van der Waals surface area (Å²) < 4.78 is 10.8. The molecule has 184 valence electrons. The van der Waals surface area contributed by atoms with Crippen LogP contribution in [0.3, 0.4) is 0 Å². The smallest absolute Gasteiger partial charge is 0.246 e. The molecule has 33 heavy (non-hydrogen) atoms. The number of piperidine rings is 1. The molecule has 2 N–H and O–H groups in total. The molecule has 3 rings (SSSR count). The van der Waals surface area contributed by atoms with Gasteiger partial charge in [-0.1, -0.05) is 38.1 Å². The van der Waals surface area contributed by atoms with Crippen LogP contribution >= 0.6 is 24.0 Å². The maximum atomic E-state index is 5.50. The van der Waals surface area contributed by atoms with E-state index in [0.717, 1.165) is 31.9 Å². The van der Waals surface area contributed by atoms with Gasteiger partial charge in [-0.05, 0) is 49.8 Å². The van der Waals surface area contributed by atoms with Gasteiger partial charge in [-0.3, -0.25) is 4.99 Å². The molecule has 8 nitrogen and oxygen atoms in total. The minimum atomic E-state index is -0.176. The average Bonchev–Trinajstić information content (AvgIpc) is 3.26. The first-order chi connectivity index (χ1) is 15.3. The molecule has 1 atom stereocenters. The molecule has 2 aromatic rings. The third-order valence-electron chi connectivity index (χ3n) is 5.83. The topological polar surface area (TPSA) is 87.8 Å². The van der Waals surface area contributed by atoms with Crippen LogP contribution in [-0.4, -0.2) is 48.9 Å². The highest BCUT2D eigenvalue weighted by Crippen LogP contribution is 2.26. The lowest BCUT2D eigenvalue weighted by atomic mass is 9.87. The van der Waals surface area contributed by atoms with E-state index in [0.29, 0.717) is 30.9 Å². The van der Waals surface area contributed by atoms with Crippen LogP contribution in [0, 0.1) is 0 Å². The van der Waals surface area contributed by atoms with Gasteiger partial charge in [0.05, 0.1) is 6.54 Å². The fourth-order valence-electron chi connectivity index (χ4n) is 3.83. The molecule has 1 aliphatic rings. The summed E-state index contributed by atoms with van der Waals surface area (Å²) in [6, 6.07) is 9.38. The highest BCUT2D eigenvalue weighted by Gasteiger charge is 2.21. The number of guanidine groups is 1. The molecular formula is C24H39IN6O2. The molecule has 2 heterocycles. The van der Waals surface area contributed by atoms with Gasteiger partial charge in [0.15, 0.2) is 11.8 Å². The Morgan fingerprint density at radius 3 is 2.48 bits per heavy atom. The lowest BCUT2D eigenvalue weighted by Crippen LogP contribution is -2.48. The van der Waals surface area contributed by atoms with Gasteiger partial charge in [-0.25, -0.2) is 0 Å². The fourth-order valence-corrected chi connectivity index (χ4v) is 3.83. The number of rotatable bonds is 7. The van der Waals surface area contributed by atoms with E-state index < -0.39 is 0 Å².